The van der Waals surface area contributed by atoms with Crippen molar-refractivity contribution in [2.24, 2.45) is 5.10 Å². The van der Waals surface area contributed by atoms with E-state index in [4.69, 9.17) is 16.3 Å². The van der Waals surface area contributed by atoms with Crippen molar-refractivity contribution in [1.82, 2.24) is 5.43 Å². The molecule has 0 saturated carbocycles. The number of rotatable bonds is 7. The highest BCUT2D eigenvalue weighted by molar-refractivity contribution is 7.98. The third-order valence-electron chi connectivity index (χ3n) is 4.02. The number of nitrogens with zero attached hydrogens (tertiary/aromatic N) is 1. The van der Waals surface area contributed by atoms with Crippen LogP contribution in [-0.4, -0.2) is 24.3 Å². The van der Waals surface area contributed by atoms with E-state index in [1.54, 1.807) is 36.0 Å². The summed E-state index contributed by atoms with van der Waals surface area (Å²) in [6.45, 7) is 0. The smallest absolute Gasteiger partial charge is 0.271 e. The Morgan fingerprint density at radius 3 is 2.52 bits per heavy atom. The number of halogens is 1. The van der Waals surface area contributed by atoms with Crippen molar-refractivity contribution in [1.29, 1.82) is 0 Å². The second-order valence-corrected chi connectivity index (χ2v) is 7.56. The Hall–Kier alpha value is -2.96. The van der Waals surface area contributed by atoms with Crippen LogP contribution in [0.4, 0.5) is 0 Å². The van der Waals surface area contributed by atoms with Crippen molar-refractivity contribution in [3.63, 3.8) is 0 Å². The molecule has 0 aliphatic carbocycles. The van der Waals surface area contributed by atoms with Gasteiger partial charge in [-0.2, -0.15) is 5.10 Å². The van der Waals surface area contributed by atoms with E-state index in [-0.39, 0.29) is 11.7 Å². The minimum atomic E-state index is -0.309. The van der Waals surface area contributed by atoms with E-state index in [0.29, 0.717) is 16.9 Å². The molecule has 29 heavy (non-hydrogen) atoms. The molecular weight excluding hydrogens is 408 g/mol. The van der Waals surface area contributed by atoms with E-state index in [1.807, 2.05) is 36.4 Å². The predicted octanol–water partition coefficient (Wildman–Crippen LogP) is 5.11. The van der Waals surface area contributed by atoms with Gasteiger partial charge in [0.1, 0.15) is 0 Å². The molecular formula is C22H19ClN2O3S. The van der Waals surface area contributed by atoms with Crippen LogP contribution in [0.5, 0.6) is 11.5 Å². The lowest BCUT2D eigenvalue weighted by Gasteiger charge is -2.05. The summed E-state index contributed by atoms with van der Waals surface area (Å²) in [6, 6.07) is 19.9. The Balaban J connectivity index is 1.53. The topological polar surface area (TPSA) is 70.9 Å². The number of hydrogen-bond donors (Lipinski definition) is 2. The molecule has 0 radical (unpaired) electrons. The minimum absolute atomic E-state index is 0.00911. The molecule has 148 valence electrons. The summed E-state index contributed by atoms with van der Waals surface area (Å²) in [5, 5.41) is 14.4. The van der Waals surface area contributed by atoms with E-state index < -0.39 is 0 Å². The normalized spacial score (nSPS) is 10.8. The highest BCUT2D eigenvalue weighted by atomic mass is 35.5. The highest BCUT2D eigenvalue weighted by Gasteiger charge is 2.05. The minimum Gasteiger partial charge on any atom is -0.504 e. The molecule has 0 fully saturated rings. The molecule has 3 rings (SSSR count). The lowest BCUT2D eigenvalue weighted by molar-refractivity contribution is 0.0955. The molecule has 0 aliphatic heterocycles. The van der Waals surface area contributed by atoms with Gasteiger partial charge in [0.2, 0.25) is 0 Å². The van der Waals surface area contributed by atoms with Gasteiger partial charge >= 0.3 is 0 Å². The standard InChI is InChI=1S/C22H19ClN2O3S/c1-28-21-11-4-16(12-20(21)26)13-24-25-22(27)17-5-2-15(3-6-17)14-29-19-9-7-18(23)8-10-19/h2-13,26H,14H2,1H3,(H,25,27)/b24-13+. The van der Waals surface area contributed by atoms with E-state index in [2.05, 4.69) is 10.5 Å². The number of amides is 1. The van der Waals surface area contributed by atoms with Crippen LogP contribution in [0, 0.1) is 0 Å². The number of hydrazone groups is 1. The number of benzene rings is 3. The van der Waals surface area contributed by atoms with Crippen molar-refractivity contribution in [2.75, 3.05) is 7.11 Å². The first-order valence-corrected chi connectivity index (χ1v) is 10.1. The number of phenols is 1. The molecule has 0 bridgehead atoms. The van der Waals surface area contributed by atoms with Crippen molar-refractivity contribution < 1.29 is 14.6 Å². The van der Waals surface area contributed by atoms with E-state index in [0.717, 1.165) is 21.2 Å². The first-order chi connectivity index (χ1) is 14.0. The van der Waals surface area contributed by atoms with Crippen LogP contribution in [0.1, 0.15) is 21.5 Å². The van der Waals surface area contributed by atoms with Gasteiger partial charge in [0, 0.05) is 21.2 Å². The third-order valence-corrected chi connectivity index (χ3v) is 5.35. The van der Waals surface area contributed by atoms with Crippen molar-refractivity contribution >= 4 is 35.5 Å². The van der Waals surface area contributed by atoms with Crippen molar-refractivity contribution in [3.8, 4) is 11.5 Å². The lowest BCUT2D eigenvalue weighted by atomic mass is 10.1. The van der Waals surface area contributed by atoms with Crippen LogP contribution >= 0.6 is 23.4 Å². The summed E-state index contributed by atoms with van der Waals surface area (Å²) >= 11 is 7.59. The van der Waals surface area contributed by atoms with Gasteiger partial charge in [-0.15, -0.1) is 11.8 Å². The van der Waals surface area contributed by atoms with E-state index in [1.165, 1.54) is 19.4 Å². The molecule has 0 aromatic heterocycles. The quantitative estimate of drug-likeness (QED) is 0.313. The number of phenolic OH excluding ortho intramolecular Hbond substituents is 1. The summed E-state index contributed by atoms with van der Waals surface area (Å²) in [5.74, 6) is 0.870. The Morgan fingerprint density at radius 1 is 1.14 bits per heavy atom. The fraction of sp³-hybridized carbons (Fsp3) is 0.0909. The zero-order chi connectivity index (χ0) is 20.6. The number of thioether (sulfide) groups is 1. The number of carbonyl (C=O) groups is 1. The van der Waals surface area contributed by atoms with E-state index >= 15 is 0 Å². The maximum absolute atomic E-state index is 12.2. The van der Waals surface area contributed by atoms with Crippen LogP contribution < -0.4 is 10.2 Å². The summed E-state index contributed by atoms with van der Waals surface area (Å²) in [5.41, 5.74) is 4.74. The zero-order valence-corrected chi connectivity index (χ0v) is 17.2. The third kappa shape index (κ3) is 6.01. The number of hydrogen-bond acceptors (Lipinski definition) is 5. The average molecular weight is 427 g/mol. The number of nitrogens with one attached hydrogen (secondary N) is 1. The number of aromatic hydroxyl groups is 1. The van der Waals surface area contributed by atoms with Crippen LogP contribution in [-0.2, 0) is 5.75 Å². The van der Waals surface area contributed by atoms with Gasteiger partial charge < -0.3 is 9.84 Å². The Kier molecular flexibility index (Phi) is 7.16. The molecule has 0 aliphatic rings. The van der Waals surface area contributed by atoms with Crippen LogP contribution in [0.2, 0.25) is 5.02 Å². The van der Waals surface area contributed by atoms with Gasteiger partial charge in [-0.3, -0.25) is 4.79 Å². The maximum Gasteiger partial charge on any atom is 0.271 e. The summed E-state index contributed by atoms with van der Waals surface area (Å²) < 4.78 is 4.99. The second-order valence-electron chi connectivity index (χ2n) is 6.07. The second kappa shape index (κ2) is 10.0. The first-order valence-electron chi connectivity index (χ1n) is 8.73. The summed E-state index contributed by atoms with van der Waals surface area (Å²) in [6.07, 6.45) is 1.45. The molecule has 3 aromatic carbocycles. The molecule has 5 nitrogen and oxygen atoms in total. The molecule has 0 atom stereocenters. The zero-order valence-electron chi connectivity index (χ0n) is 15.6. The van der Waals surface area contributed by atoms with Gasteiger partial charge in [0.05, 0.1) is 13.3 Å². The molecule has 1 amide bonds. The van der Waals surface area contributed by atoms with Crippen LogP contribution in [0.25, 0.3) is 0 Å². The Labute approximate surface area is 178 Å². The van der Waals surface area contributed by atoms with Gasteiger partial charge in [-0.05, 0) is 65.7 Å². The van der Waals surface area contributed by atoms with Crippen molar-refractivity contribution in [3.05, 3.63) is 88.4 Å². The molecule has 3 aromatic rings. The average Bonchev–Trinajstić information content (AvgIpc) is 2.74. The lowest BCUT2D eigenvalue weighted by Crippen LogP contribution is -2.17. The maximum atomic E-state index is 12.2. The van der Waals surface area contributed by atoms with Gasteiger partial charge in [0.15, 0.2) is 11.5 Å². The monoisotopic (exact) mass is 426 g/mol. The van der Waals surface area contributed by atoms with Crippen molar-refractivity contribution in [2.45, 2.75) is 10.6 Å². The fourth-order valence-corrected chi connectivity index (χ4v) is 3.45. The van der Waals surface area contributed by atoms with Gasteiger partial charge in [-0.25, -0.2) is 5.43 Å². The van der Waals surface area contributed by atoms with Gasteiger partial charge in [-0.1, -0.05) is 23.7 Å². The summed E-state index contributed by atoms with van der Waals surface area (Å²) in [4.78, 5) is 13.3. The van der Waals surface area contributed by atoms with Gasteiger partial charge in [0.25, 0.3) is 5.91 Å². The predicted molar refractivity (Wildman–Crippen MR) is 117 cm³/mol. The number of carbonyl (C=O) groups excluding carboxylic acids is 1. The number of methoxy groups -OCH3 is 1. The largest absolute Gasteiger partial charge is 0.504 e. The molecule has 0 unspecified atom stereocenters. The fourth-order valence-electron chi connectivity index (χ4n) is 2.47. The molecule has 7 heteroatoms. The van der Waals surface area contributed by atoms with Crippen LogP contribution in [0.15, 0.2) is 76.7 Å². The molecule has 0 heterocycles. The first kappa shape index (κ1) is 20.8. The van der Waals surface area contributed by atoms with E-state index in [9.17, 15) is 9.90 Å². The molecule has 0 saturated heterocycles. The number of ether oxygens (including phenoxy) is 1. The SMILES string of the molecule is COc1ccc(/C=N/NC(=O)c2ccc(CSc3ccc(Cl)cc3)cc2)cc1O. The highest BCUT2D eigenvalue weighted by Crippen LogP contribution is 2.26. The Bertz CT molecular complexity index is 1010. The molecule has 0 spiro atoms. The Morgan fingerprint density at radius 2 is 1.86 bits per heavy atom. The van der Waals surface area contributed by atoms with Crippen LogP contribution in [0.3, 0.4) is 0 Å². The molecule has 2 N–H and O–H groups in total. The summed E-state index contributed by atoms with van der Waals surface area (Å²) in [7, 11) is 1.48.